The van der Waals surface area contributed by atoms with Gasteiger partial charge in [-0.25, -0.2) is 4.39 Å². The number of piperidine rings is 1. The van der Waals surface area contributed by atoms with Crippen molar-refractivity contribution >= 4 is 29.3 Å². The highest BCUT2D eigenvalue weighted by molar-refractivity contribution is 6.30. The normalized spacial score (nSPS) is 23.3. The van der Waals surface area contributed by atoms with E-state index in [1.54, 1.807) is 4.90 Å². The lowest BCUT2D eigenvalue weighted by Gasteiger charge is -2.36. The number of alkyl halides is 1. The number of benzene rings is 2. The molecule has 1 aliphatic heterocycles. The van der Waals surface area contributed by atoms with Gasteiger partial charge < -0.3 is 15.5 Å². The second kappa shape index (κ2) is 11.7. The molecule has 2 aliphatic rings. The van der Waals surface area contributed by atoms with E-state index in [-0.39, 0.29) is 35.7 Å². The van der Waals surface area contributed by atoms with Gasteiger partial charge in [0.25, 0.3) is 5.91 Å². The van der Waals surface area contributed by atoms with Crippen LogP contribution in [0.4, 0.5) is 4.39 Å². The van der Waals surface area contributed by atoms with E-state index in [1.165, 1.54) is 24.3 Å². The Bertz CT molecular complexity index is 1030. The summed E-state index contributed by atoms with van der Waals surface area (Å²) in [7, 11) is 0. The fourth-order valence-corrected chi connectivity index (χ4v) is 5.23. The van der Waals surface area contributed by atoms with Crippen molar-refractivity contribution in [3.05, 3.63) is 71.5 Å². The zero-order chi connectivity index (χ0) is 24.8. The molecule has 2 aromatic rings. The first-order valence-corrected chi connectivity index (χ1v) is 12.7. The van der Waals surface area contributed by atoms with Crippen LogP contribution in [0, 0.1) is 11.7 Å². The fraction of sp³-hybridized carbons (Fsp3) is 0.444. The van der Waals surface area contributed by atoms with E-state index in [9.17, 15) is 18.8 Å². The van der Waals surface area contributed by atoms with Gasteiger partial charge in [-0.05, 0) is 55.5 Å². The Morgan fingerprint density at radius 3 is 2.23 bits per heavy atom. The van der Waals surface area contributed by atoms with E-state index in [0.717, 1.165) is 37.7 Å². The highest BCUT2D eigenvalue weighted by atomic mass is 35.5. The number of halogens is 2. The highest BCUT2D eigenvalue weighted by Gasteiger charge is 2.34. The van der Waals surface area contributed by atoms with Crippen LogP contribution in [0.15, 0.2) is 54.6 Å². The maximum absolute atomic E-state index is 13.2. The summed E-state index contributed by atoms with van der Waals surface area (Å²) in [5.41, 5.74) is 1.13. The van der Waals surface area contributed by atoms with Crippen LogP contribution < -0.4 is 10.6 Å². The van der Waals surface area contributed by atoms with Gasteiger partial charge >= 0.3 is 0 Å². The quantitative estimate of drug-likeness (QED) is 0.585. The molecule has 2 N–H and O–H groups in total. The van der Waals surface area contributed by atoms with E-state index >= 15 is 0 Å². The van der Waals surface area contributed by atoms with Gasteiger partial charge in [-0.2, -0.15) is 0 Å². The van der Waals surface area contributed by atoms with Crippen molar-refractivity contribution in [3.63, 3.8) is 0 Å². The lowest BCUT2D eigenvalue weighted by molar-refractivity contribution is -0.135. The van der Waals surface area contributed by atoms with Gasteiger partial charge in [0.05, 0.1) is 5.92 Å². The zero-order valence-corrected chi connectivity index (χ0v) is 20.3. The molecule has 8 heteroatoms. The SMILES string of the molecule is O=C(N[C@@H]1CCCCC1NC(=O)C1CCCN(C(=O)C(Cl)c2ccccc2)C1)c1ccc(F)cc1. The predicted octanol–water partition coefficient (Wildman–Crippen LogP) is 4.20. The smallest absolute Gasteiger partial charge is 0.251 e. The molecule has 2 aromatic carbocycles. The number of hydrogen-bond donors (Lipinski definition) is 2. The van der Waals surface area contributed by atoms with Gasteiger partial charge in [0, 0.05) is 30.7 Å². The number of rotatable bonds is 6. The van der Waals surface area contributed by atoms with Crippen molar-refractivity contribution in [2.75, 3.05) is 13.1 Å². The summed E-state index contributed by atoms with van der Waals surface area (Å²) in [4.78, 5) is 40.5. The second-order valence-electron chi connectivity index (χ2n) is 9.38. The van der Waals surface area contributed by atoms with E-state index in [2.05, 4.69) is 10.6 Å². The molecule has 1 saturated carbocycles. The van der Waals surface area contributed by atoms with Gasteiger partial charge in [-0.3, -0.25) is 14.4 Å². The first-order valence-electron chi connectivity index (χ1n) is 12.3. The molecule has 1 heterocycles. The Hall–Kier alpha value is -2.93. The first kappa shape index (κ1) is 25.2. The summed E-state index contributed by atoms with van der Waals surface area (Å²) in [6.45, 7) is 0.915. The summed E-state index contributed by atoms with van der Waals surface area (Å²) in [6, 6.07) is 14.3. The van der Waals surface area contributed by atoms with Crippen molar-refractivity contribution in [1.29, 1.82) is 0 Å². The third kappa shape index (κ3) is 6.40. The molecule has 1 saturated heterocycles. The van der Waals surface area contributed by atoms with Crippen molar-refractivity contribution in [2.45, 2.75) is 56.0 Å². The monoisotopic (exact) mass is 499 g/mol. The minimum atomic E-state index is -0.776. The summed E-state index contributed by atoms with van der Waals surface area (Å²) in [5.74, 6) is -1.27. The van der Waals surface area contributed by atoms with E-state index in [4.69, 9.17) is 11.6 Å². The van der Waals surface area contributed by atoms with E-state index < -0.39 is 11.2 Å². The van der Waals surface area contributed by atoms with Crippen molar-refractivity contribution in [2.24, 2.45) is 5.92 Å². The van der Waals surface area contributed by atoms with Gasteiger partial charge in [-0.15, -0.1) is 11.6 Å². The number of hydrogen-bond acceptors (Lipinski definition) is 3. The number of amides is 3. The Labute approximate surface area is 210 Å². The molecule has 3 unspecified atom stereocenters. The van der Waals surface area contributed by atoms with Crippen LogP contribution in [0.25, 0.3) is 0 Å². The van der Waals surface area contributed by atoms with Crippen LogP contribution >= 0.6 is 11.6 Å². The van der Waals surface area contributed by atoms with Crippen LogP contribution in [-0.2, 0) is 9.59 Å². The Kier molecular flexibility index (Phi) is 8.39. The Morgan fingerprint density at radius 2 is 1.54 bits per heavy atom. The molecule has 4 rings (SSSR count). The standard InChI is InChI=1S/C27H31ClFN3O3/c28-24(18-7-2-1-3-8-18)27(35)32-16-6-9-20(17-32)26(34)31-23-11-5-4-10-22(23)30-25(33)19-12-14-21(29)15-13-19/h1-3,7-8,12-15,20,22-24H,4-6,9-11,16-17H2,(H,30,33)(H,31,34)/t20?,22-,23?,24?/m1/s1. The molecule has 2 fully saturated rings. The maximum Gasteiger partial charge on any atom is 0.251 e. The lowest BCUT2D eigenvalue weighted by Crippen LogP contribution is -2.55. The molecule has 186 valence electrons. The van der Waals surface area contributed by atoms with E-state index in [1.807, 2.05) is 30.3 Å². The van der Waals surface area contributed by atoms with Crippen LogP contribution in [0.3, 0.4) is 0 Å². The number of carbonyl (C=O) groups is 3. The molecule has 3 amide bonds. The minimum absolute atomic E-state index is 0.0961. The molecule has 0 spiro atoms. The average molecular weight is 500 g/mol. The first-order chi connectivity index (χ1) is 16.9. The summed E-state index contributed by atoms with van der Waals surface area (Å²) in [6.07, 6.45) is 4.90. The largest absolute Gasteiger partial charge is 0.351 e. The lowest BCUT2D eigenvalue weighted by atomic mass is 9.88. The summed E-state index contributed by atoms with van der Waals surface area (Å²) >= 11 is 6.45. The Morgan fingerprint density at radius 1 is 0.886 bits per heavy atom. The van der Waals surface area contributed by atoms with Crippen LogP contribution in [0.1, 0.15) is 59.8 Å². The number of nitrogens with one attached hydrogen (secondary N) is 2. The average Bonchev–Trinajstić information content (AvgIpc) is 2.90. The van der Waals surface area contributed by atoms with Gasteiger partial charge in [0.2, 0.25) is 11.8 Å². The van der Waals surface area contributed by atoms with Crippen molar-refractivity contribution in [1.82, 2.24) is 15.5 Å². The van der Waals surface area contributed by atoms with Crippen LogP contribution in [0.2, 0.25) is 0 Å². The third-order valence-electron chi connectivity index (χ3n) is 6.93. The predicted molar refractivity (Wildman–Crippen MR) is 132 cm³/mol. The molecule has 0 radical (unpaired) electrons. The highest BCUT2D eigenvalue weighted by Crippen LogP contribution is 2.27. The second-order valence-corrected chi connectivity index (χ2v) is 9.82. The maximum atomic E-state index is 13.2. The number of carbonyl (C=O) groups excluding carboxylic acids is 3. The molecule has 4 atom stereocenters. The molecule has 0 bridgehead atoms. The van der Waals surface area contributed by atoms with Gasteiger partial charge in [-0.1, -0.05) is 43.2 Å². The van der Waals surface area contributed by atoms with Crippen molar-refractivity contribution < 1.29 is 18.8 Å². The molecule has 35 heavy (non-hydrogen) atoms. The van der Waals surface area contributed by atoms with Crippen molar-refractivity contribution in [3.8, 4) is 0 Å². The van der Waals surface area contributed by atoms with Gasteiger partial charge in [0.1, 0.15) is 11.2 Å². The summed E-state index contributed by atoms with van der Waals surface area (Å²) < 4.78 is 13.2. The van der Waals surface area contributed by atoms with E-state index in [0.29, 0.717) is 25.1 Å². The van der Waals surface area contributed by atoms with Crippen LogP contribution in [-0.4, -0.2) is 47.8 Å². The van der Waals surface area contributed by atoms with Gasteiger partial charge in [0.15, 0.2) is 0 Å². The third-order valence-corrected chi connectivity index (χ3v) is 7.37. The molecular formula is C27H31ClFN3O3. The Balaban J connectivity index is 1.35. The number of nitrogens with zero attached hydrogens (tertiary/aromatic N) is 1. The fourth-order valence-electron chi connectivity index (χ4n) is 4.95. The number of likely N-dealkylation sites (tertiary alicyclic amines) is 1. The molecule has 6 nitrogen and oxygen atoms in total. The topological polar surface area (TPSA) is 78.5 Å². The molecular weight excluding hydrogens is 469 g/mol. The molecule has 0 aromatic heterocycles. The summed E-state index contributed by atoms with van der Waals surface area (Å²) in [5, 5.41) is 5.38. The van der Waals surface area contributed by atoms with Crippen LogP contribution in [0.5, 0.6) is 0 Å². The molecule has 1 aliphatic carbocycles. The minimum Gasteiger partial charge on any atom is -0.351 e. The zero-order valence-electron chi connectivity index (χ0n) is 19.6.